The van der Waals surface area contributed by atoms with Gasteiger partial charge in [-0.1, -0.05) is 25.5 Å². The molecule has 0 aromatic rings. The Morgan fingerprint density at radius 3 is 2.83 bits per heavy atom. The maximum atomic E-state index is 5.66. The topological polar surface area (TPSA) is 29.3 Å². The van der Waals surface area contributed by atoms with Crippen LogP contribution >= 0.6 is 0 Å². The van der Waals surface area contributed by atoms with Gasteiger partial charge in [0.05, 0.1) is 0 Å². The van der Waals surface area contributed by atoms with Gasteiger partial charge in [-0.25, -0.2) is 0 Å². The van der Waals surface area contributed by atoms with Gasteiger partial charge in [-0.2, -0.15) is 0 Å². The minimum absolute atomic E-state index is 0.691. The summed E-state index contributed by atoms with van der Waals surface area (Å²) in [5, 5.41) is 0. The van der Waals surface area contributed by atoms with E-state index in [2.05, 4.69) is 24.0 Å². The quantitative estimate of drug-likeness (QED) is 0.640. The van der Waals surface area contributed by atoms with Gasteiger partial charge >= 0.3 is 0 Å². The van der Waals surface area contributed by atoms with Crippen LogP contribution in [-0.2, 0) is 0 Å². The molecular formula is C10H20N2. The minimum atomic E-state index is 0.691. The van der Waals surface area contributed by atoms with E-state index in [0.29, 0.717) is 5.92 Å². The summed E-state index contributed by atoms with van der Waals surface area (Å²) in [6.07, 6.45) is 6.93. The summed E-state index contributed by atoms with van der Waals surface area (Å²) in [5.74, 6) is 0.691. The zero-order chi connectivity index (χ0) is 8.81. The van der Waals surface area contributed by atoms with Crippen molar-refractivity contribution in [3.05, 3.63) is 12.2 Å². The Morgan fingerprint density at radius 1 is 1.50 bits per heavy atom. The third-order valence-corrected chi connectivity index (χ3v) is 2.57. The monoisotopic (exact) mass is 168 g/mol. The van der Waals surface area contributed by atoms with E-state index in [1.165, 1.54) is 25.9 Å². The number of nitrogens with zero attached hydrogens (tertiary/aromatic N) is 1. The second-order valence-electron chi connectivity index (χ2n) is 3.53. The molecule has 2 heteroatoms. The van der Waals surface area contributed by atoms with Crippen LogP contribution in [0.5, 0.6) is 0 Å². The molecule has 12 heavy (non-hydrogen) atoms. The maximum Gasteiger partial charge on any atom is 0.0163 e. The van der Waals surface area contributed by atoms with Crippen molar-refractivity contribution in [3.8, 4) is 0 Å². The lowest BCUT2D eigenvalue weighted by Gasteiger charge is -2.26. The van der Waals surface area contributed by atoms with E-state index in [0.717, 1.165) is 13.1 Å². The Hall–Kier alpha value is -0.340. The van der Waals surface area contributed by atoms with Gasteiger partial charge < -0.3 is 5.73 Å². The molecule has 2 nitrogen and oxygen atoms in total. The first-order chi connectivity index (χ1) is 5.86. The lowest BCUT2D eigenvalue weighted by atomic mass is 10.1. The molecule has 1 atom stereocenters. The molecule has 0 radical (unpaired) electrons. The van der Waals surface area contributed by atoms with Gasteiger partial charge in [0.25, 0.3) is 0 Å². The molecule has 0 bridgehead atoms. The zero-order valence-electron chi connectivity index (χ0n) is 8.00. The average Bonchev–Trinajstić information content (AvgIpc) is 2.16. The van der Waals surface area contributed by atoms with Crippen LogP contribution in [0.3, 0.4) is 0 Å². The third kappa shape index (κ3) is 2.95. The van der Waals surface area contributed by atoms with Crippen LogP contribution in [0.25, 0.3) is 0 Å². The van der Waals surface area contributed by atoms with Gasteiger partial charge in [0.1, 0.15) is 0 Å². The van der Waals surface area contributed by atoms with E-state index in [1.807, 2.05) is 0 Å². The molecule has 0 spiro atoms. The minimum Gasteiger partial charge on any atom is -0.330 e. The zero-order valence-corrected chi connectivity index (χ0v) is 8.00. The van der Waals surface area contributed by atoms with Crippen LogP contribution in [0, 0.1) is 5.92 Å². The Labute approximate surface area is 75.4 Å². The smallest absolute Gasteiger partial charge is 0.0163 e. The number of hydrogen-bond donors (Lipinski definition) is 1. The summed E-state index contributed by atoms with van der Waals surface area (Å²) in [5.41, 5.74) is 5.66. The lowest BCUT2D eigenvalue weighted by Crippen LogP contribution is -2.34. The summed E-state index contributed by atoms with van der Waals surface area (Å²) in [7, 11) is 0. The molecular weight excluding hydrogens is 148 g/mol. The summed E-state index contributed by atoms with van der Waals surface area (Å²) in [4.78, 5) is 2.49. The SMILES string of the molecule is CCC(CN)CN1CC=CCC1. The van der Waals surface area contributed by atoms with E-state index < -0.39 is 0 Å². The molecule has 0 amide bonds. The third-order valence-electron chi connectivity index (χ3n) is 2.57. The van der Waals surface area contributed by atoms with Crippen LogP contribution in [0.1, 0.15) is 19.8 Å². The molecule has 0 aromatic heterocycles. The van der Waals surface area contributed by atoms with Gasteiger partial charge in [0, 0.05) is 19.6 Å². The molecule has 2 N–H and O–H groups in total. The summed E-state index contributed by atoms with van der Waals surface area (Å²) in [6, 6.07) is 0. The summed E-state index contributed by atoms with van der Waals surface area (Å²) >= 11 is 0. The van der Waals surface area contributed by atoms with E-state index >= 15 is 0 Å². The molecule has 1 aliphatic rings. The highest BCUT2D eigenvalue weighted by molar-refractivity contribution is 4.91. The van der Waals surface area contributed by atoms with Crippen molar-refractivity contribution in [2.75, 3.05) is 26.2 Å². The first kappa shape index (κ1) is 9.75. The molecule has 0 aromatic carbocycles. The first-order valence-corrected chi connectivity index (χ1v) is 4.94. The maximum absolute atomic E-state index is 5.66. The summed E-state index contributed by atoms with van der Waals surface area (Å²) < 4.78 is 0. The molecule has 1 aliphatic heterocycles. The Morgan fingerprint density at radius 2 is 2.33 bits per heavy atom. The largest absolute Gasteiger partial charge is 0.330 e. The number of hydrogen-bond acceptors (Lipinski definition) is 2. The van der Waals surface area contributed by atoms with Crippen molar-refractivity contribution in [1.29, 1.82) is 0 Å². The normalized spacial score (nSPS) is 21.2. The van der Waals surface area contributed by atoms with Gasteiger partial charge in [-0.05, 0) is 18.9 Å². The van der Waals surface area contributed by atoms with Crippen molar-refractivity contribution >= 4 is 0 Å². The Balaban J connectivity index is 2.24. The predicted octanol–water partition coefficient (Wildman–Crippen LogP) is 1.23. The van der Waals surface area contributed by atoms with E-state index in [4.69, 9.17) is 5.73 Å². The molecule has 1 heterocycles. The second-order valence-corrected chi connectivity index (χ2v) is 3.53. The fourth-order valence-corrected chi connectivity index (χ4v) is 1.59. The average molecular weight is 168 g/mol. The molecule has 0 saturated heterocycles. The van der Waals surface area contributed by atoms with Crippen molar-refractivity contribution < 1.29 is 0 Å². The summed E-state index contributed by atoms with van der Waals surface area (Å²) in [6.45, 7) is 6.56. The van der Waals surface area contributed by atoms with Gasteiger partial charge in [-0.3, -0.25) is 4.90 Å². The second kappa shape index (κ2) is 5.33. The van der Waals surface area contributed by atoms with Crippen LogP contribution in [0.2, 0.25) is 0 Å². The molecule has 1 rings (SSSR count). The van der Waals surface area contributed by atoms with Gasteiger partial charge in [0.2, 0.25) is 0 Å². The lowest BCUT2D eigenvalue weighted by molar-refractivity contribution is 0.248. The van der Waals surface area contributed by atoms with Gasteiger partial charge in [-0.15, -0.1) is 0 Å². The Bertz CT molecular complexity index is 139. The van der Waals surface area contributed by atoms with E-state index in [9.17, 15) is 0 Å². The van der Waals surface area contributed by atoms with Crippen LogP contribution in [0.4, 0.5) is 0 Å². The van der Waals surface area contributed by atoms with Gasteiger partial charge in [0.15, 0.2) is 0 Å². The van der Waals surface area contributed by atoms with E-state index in [1.54, 1.807) is 0 Å². The molecule has 0 fully saturated rings. The predicted molar refractivity (Wildman–Crippen MR) is 53.0 cm³/mol. The standard InChI is InChI=1S/C10H20N2/c1-2-10(8-11)9-12-6-4-3-5-7-12/h3-4,10H,2,5-9,11H2,1H3. The van der Waals surface area contributed by atoms with Crippen molar-refractivity contribution in [1.82, 2.24) is 4.90 Å². The highest BCUT2D eigenvalue weighted by atomic mass is 15.1. The Kier molecular flexibility index (Phi) is 4.33. The van der Waals surface area contributed by atoms with Crippen LogP contribution in [-0.4, -0.2) is 31.1 Å². The molecule has 0 aliphatic carbocycles. The molecule has 1 unspecified atom stereocenters. The van der Waals surface area contributed by atoms with Crippen molar-refractivity contribution in [2.45, 2.75) is 19.8 Å². The van der Waals surface area contributed by atoms with Crippen LogP contribution < -0.4 is 5.73 Å². The van der Waals surface area contributed by atoms with Crippen LogP contribution in [0.15, 0.2) is 12.2 Å². The van der Waals surface area contributed by atoms with Crippen molar-refractivity contribution in [2.24, 2.45) is 11.7 Å². The highest BCUT2D eigenvalue weighted by Crippen LogP contribution is 2.07. The number of rotatable bonds is 4. The first-order valence-electron chi connectivity index (χ1n) is 4.94. The fourth-order valence-electron chi connectivity index (χ4n) is 1.59. The number of nitrogens with two attached hydrogens (primary N) is 1. The molecule has 0 saturated carbocycles. The fraction of sp³-hybridized carbons (Fsp3) is 0.800. The van der Waals surface area contributed by atoms with E-state index in [-0.39, 0.29) is 0 Å². The molecule has 70 valence electrons. The van der Waals surface area contributed by atoms with Crippen molar-refractivity contribution in [3.63, 3.8) is 0 Å². The highest BCUT2D eigenvalue weighted by Gasteiger charge is 2.11.